The lowest BCUT2D eigenvalue weighted by molar-refractivity contribution is -0.0396. The van der Waals surface area contributed by atoms with Crippen LogP contribution in [0.4, 0.5) is 9.18 Å². The number of piperidine rings is 1. The molecule has 1 aromatic rings. The van der Waals surface area contributed by atoms with E-state index in [1.54, 1.807) is 4.68 Å². The van der Waals surface area contributed by atoms with Gasteiger partial charge in [-0.1, -0.05) is 0 Å². The Morgan fingerprint density at radius 2 is 2.26 bits per heavy atom. The van der Waals surface area contributed by atoms with Crippen molar-refractivity contribution in [3.8, 4) is 0 Å². The van der Waals surface area contributed by atoms with Crippen molar-refractivity contribution in [3.05, 3.63) is 18.2 Å². The Morgan fingerprint density at radius 3 is 2.84 bits per heavy atom. The first kappa shape index (κ1) is 12.4. The van der Waals surface area contributed by atoms with Gasteiger partial charge < -0.3 is 14.7 Å². The van der Waals surface area contributed by atoms with Crippen molar-refractivity contribution in [2.75, 3.05) is 19.7 Å². The van der Waals surface area contributed by atoms with Gasteiger partial charge in [0.05, 0.1) is 30.6 Å². The van der Waals surface area contributed by atoms with Crippen LogP contribution in [0.15, 0.2) is 12.4 Å². The fraction of sp³-hybridized carbons (Fsp3) is 0.667. The monoisotopic (exact) mass is 269 g/mol. The second kappa shape index (κ2) is 4.48. The van der Waals surface area contributed by atoms with E-state index in [-0.39, 0.29) is 17.5 Å². The van der Waals surface area contributed by atoms with Crippen molar-refractivity contribution >= 4 is 6.09 Å². The fourth-order valence-electron chi connectivity index (χ4n) is 2.96. The zero-order chi connectivity index (χ0) is 13.5. The van der Waals surface area contributed by atoms with Crippen molar-refractivity contribution in [1.82, 2.24) is 14.7 Å². The molecular formula is C12H16FN3O3. The summed E-state index contributed by atoms with van der Waals surface area (Å²) >= 11 is 0. The lowest BCUT2D eigenvalue weighted by Crippen LogP contribution is -2.46. The van der Waals surface area contributed by atoms with Crippen LogP contribution in [-0.4, -0.2) is 51.2 Å². The summed E-state index contributed by atoms with van der Waals surface area (Å²) in [6.07, 6.45) is 3.84. The molecule has 104 valence electrons. The van der Waals surface area contributed by atoms with Crippen LogP contribution in [0.1, 0.15) is 25.3 Å². The molecule has 0 bridgehead atoms. The number of rotatable bonds is 1. The molecule has 0 aromatic carbocycles. The van der Waals surface area contributed by atoms with Crippen LogP contribution in [0.3, 0.4) is 0 Å². The van der Waals surface area contributed by atoms with Gasteiger partial charge in [-0.15, -0.1) is 0 Å². The Balaban J connectivity index is 1.64. The maximum atomic E-state index is 13.0. The number of hydrogen-bond acceptors (Lipinski definition) is 3. The molecule has 19 heavy (non-hydrogen) atoms. The summed E-state index contributed by atoms with van der Waals surface area (Å²) in [5.74, 6) is -0.346. The minimum atomic E-state index is -0.876. The third kappa shape index (κ3) is 2.30. The van der Waals surface area contributed by atoms with Gasteiger partial charge in [-0.25, -0.2) is 9.18 Å². The number of ether oxygens (including phenoxy) is 1. The molecule has 0 aliphatic carbocycles. The Morgan fingerprint density at radius 1 is 1.53 bits per heavy atom. The number of amides is 1. The molecule has 1 amide bonds. The zero-order valence-electron chi connectivity index (χ0n) is 10.5. The normalized spacial score (nSPS) is 25.9. The average molecular weight is 269 g/mol. The molecule has 1 atom stereocenters. The highest BCUT2D eigenvalue weighted by molar-refractivity contribution is 5.65. The van der Waals surface area contributed by atoms with E-state index in [2.05, 4.69) is 5.10 Å². The smallest absolute Gasteiger partial charge is 0.407 e. The van der Waals surface area contributed by atoms with Crippen molar-refractivity contribution in [1.29, 1.82) is 0 Å². The molecule has 3 rings (SSSR count). The quantitative estimate of drug-likeness (QED) is 0.839. The molecule has 2 aliphatic heterocycles. The summed E-state index contributed by atoms with van der Waals surface area (Å²) in [6.45, 7) is 1.50. The number of carboxylic acid groups (broad SMARTS) is 1. The highest BCUT2D eigenvalue weighted by Gasteiger charge is 2.44. The summed E-state index contributed by atoms with van der Waals surface area (Å²) in [7, 11) is 0. The van der Waals surface area contributed by atoms with Crippen LogP contribution in [-0.2, 0) is 4.74 Å². The zero-order valence-corrected chi connectivity index (χ0v) is 10.5. The standard InChI is InChI=1S/C12H16FN3O3/c13-9-6-14-16(7-9)10-5-12(19-8-10)1-3-15(4-2-12)11(17)18/h6-7,10H,1-5,8H2,(H,17,18). The summed E-state index contributed by atoms with van der Waals surface area (Å²) < 4.78 is 20.4. The van der Waals surface area contributed by atoms with Crippen molar-refractivity contribution in [3.63, 3.8) is 0 Å². The first-order valence-electron chi connectivity index (χ1n) is 6.39. The van der Waals surface area contributed by atoms with Crippen molar-refractivity contribution in [2.24, 2.45) is 0 Å². The minimum Gasteiger partial charge on any atom is -0.465 e. The third-order valence-electron chi connectivity index (χ3n) is 4.08. The Hall–Kier alpha value is -1.63. The molecular weight excluding hydrogens is 253 g/mol. The first-order valence-corrected chi connectivity index (χ1v) is 6.39. The maximum Gasteiger partial charge on any atom is 0.407 e. The highest BCUT2D eigenvalue weighted by atomic mass is 19.1. The summed E-state index contributed by atoms with van der Waals surface area (Å²) in [5, 5.41) is 12.9. The van der Waals surface area contributed by atoms with Crippen molar-refractivity contribution in [2.45, 2.75) is 30.9 Å². The van der Waals surface area contributed by atoms with Crippen molar-refractivity contribution < 1.29 is 19.0 Å². The summed E-state index contributed by atoms with van der Waals surface area (Å²) in [5.41, 5.74) is -0.265. The van der Waals surface area contributed by atoms with Gasteiger partial charge in [0, 0.05) is 19.5 Å². The lowest BCUT2D eigenvalue weighted by atomic mass is 9.87. The average Bonchev–Trinajstić information content (AvgIpc) is 2.97. The second-order valence-corrected chi connectivity index (χ2v) is 5.26. The predicted molar refractivity (Wildman–Crippen MR) is 63.4 cm³/mol. The fourth-order valence-corrected chi connectivity index (χ4v) is 2.96. The molecule has 1 N–H and O–H groups in total. The summed E-state index contributed by atoms with van der Waals surface area (Å²) in [4.78, 5) is 12.3. The highest BCUT2D eigenvalue weighted by Crippen LogP contribution is 2.40. The van der Waals surface area contributed by atoms with Crippen LogP contribution in [0, 0.1) is 5.82 Å². The topological polar surface area (TPSA) is 67.6 Å². The Bertz CT molecular complexity index is 482. The minimum absolute atomic E-state index is 0.0425. The van der Waals surface area contributed by atoms with Gasteiger partial charge in [-0.3, -0.25) is 4.68 Å². The molecule has 2 fully saturated rings. The molecule has 1 spiro atoms. The summed E-state index contributed by atoms with van der Waals surface area (Å²) in [6, 6.07) is 0.0425. The van der Waals surface area contributed by atoms with Crippen LogP contribution in [0.25, 0.3) is 0 Å². The van der Waals surface area contributed by atoms with E-state index in [9.17, 15) is 9.18 Å². The van der Waals surface area contributed by atoms with Gasteiger partial charge in [0.1, 0.15) is 0 Å². The van der Waals surface area contributed by atoms with E-state index in [0.29, 0.717) is 32.5 Å². The van der Waals surface area contributed by atoms with E-state index in [4.69, 9.17) is 9.84 Å². The Kier molecular flexibility index (Phi) is 2.93. The number of carbonyl (C=O) groups is 1. The van der Waals surface area contributed by atoms with Crippen LogP contribution < -0.4 is 0 Å². The van der Waals surface area contributed by atoms with E-state index in [0.717, 1.165) is 6.42 Å². The number of halogens is 1. The van der Waals surface area contributed by atoms with Gasteiger partial charge in [0.15, 0.2) is 5.82 Å². The number of hydrogen-bond donors (Lipinski definition) is 1. The van der Waals surface area contributed by atoms with Crippen LogP contribution >= 0.6 is 0 Å². The maximum absolute atomic E-state index is 13.0. The molecule has 1 unspecified atom stereocenters. The largest absolute Gasteiger partial charge is 0.465 e. The van der Waals surface area contributed by atoms with E-state index < -0.39 is 6.09 Å². The molecule has 3 heterocycles. The first-order chi connectivity index (χ1) is 9.08. The second-order valence-electron chi connectivity index (χ2n) is 5.26. The predicted octanol–water partition coefficient (Wildman–Crippen LogP) is 1.50. The lowest BCUT2D eigenvalue weighted by Gasteiger charge is -2.37. The SMILES string of the molecule is O=C(O)N1CCC2(CC1)CC(n1cc(F)cn1)CO2. The van der Waals surface area contributed by atoms with Gasteiger partial charge in [0.2, 0.25) is 0 Å². The molecule has 2 aliphatic rings. The molecule has 2 saturated heterocycles. The van der Waals surface area contributed by atoms with E-state index in [1.165, 1.54) is 17.3 Å². The van der Waals surface area contributed by atoms with E-state index >= 15 is 0 Å². The third-order valence-corrected chi connectivity index (χ3v) is 4.08. The number of nitrogens with zero attached hydrogens (tertiary/aromatic N) is 3. The number of aromatic nitrogens is 2. The van der Waals surface area contributed by atoms with Crippen LogP contribution in [0.5, 0.6) is 0 Å². The molecule has 0 saturated carbocycles. The van der Waals surface area contributed by atoms with Gasteiger partial charge in [-0.2, -0.15) is 5.10 Å². The van der Waals surface area contributed by atoms with E-state index in [1.807, 2.05) is 0 Å². The Labute approximate surface area is 109 Å². The number of likely N-dealkylation sites (tertiary alicyclic amines) is 1. The van der Waals surface area contributed by atoms with Crippen LogP contribution in [0.2, 0.25) is 0 Å². The van der Waals surface area contributed by atoms with Gasteiger partial charge >= 0.3 is 6.09 Å². The molecule has 1 aromatic heterocycles. The molecule has 0 radical (unpaired) electrons. The van der Waals surface area contributed by atoms with Gasteiger partial charge in [-0.05, 0) is 12.8 Å². The molecule has 7 heteroatoms. The van der Waals surface area contributed by atoms with Gasteiger partial charge in [0.25, 0.3) is 0 Å². The molecule has 6 nitrogen and oxygen atoms in total.